The molecule has 0 saturated heterocycles. The van der Waals surface area contributed by atoms with E-state index in [-0.39, 0.29) is 0 Å². The summed E-state index contributed by atoms with van der Waals surface area (Å²) in [5.41, 5.74) is 2.12. The standard InChI is InChI=1S/C17H22ClNO2/c1-3-20-11-5-10-19-12-14-8-9-17(21-14)15-6-4-7-16(18)13(15)2/h4,6-9,19H,3,5,10-12H2,1-2H3/p+1. The fraction of sp³-hybridized carbons (Fsp3) is 0.412. The summed E-state index contributed by atoms with van der Waals surface area (Å²) < 4.78 is 11.2. The molecule has 1 aromatic carbocycles. The molecule has 21 heavy (non-hydrogen) atoms. The highest BCUT2D eigenvalue weighted by atomic mass is 35.5. The predicted octanol–water partition coefficient (Wildman–Crippen LogP) is 3.40. The topological polar surface area (TPSA) is 39.0 Å². The largest absolute Gasteiger partial charge is 0.455 e. The van der Waals surface area contributed by atoms with Crippen molar-refractivity contribution in [3.63, 3.8) is 0 Å². The van der Waals surface area contributed by atoms with E-state index >= 15 is 0 Å². The zero-order chi connectivity index (χ0) is 15.1. The third-order valence-corrected chi connectivity index (χ3v) is 3.85. The lowest BCUT2D eigenvalue weighted by Gasteiger charge is -2.04. The molecule has 114 valence electrons. The minimum atomic E-state index is 0.771. The van der Waals surface area contributed by atoms with Crippen LogP contribution in [0.3, 0.4) is 0 Å². The molecule has 0 amide bonds. The summed E-state index contributed by atoms with van der Waals surface area (Å²) in [6, 6.07) is 9.94. The fourth-order valence-corrected chi connectivity index (χ4v) is 2.40. The van der Waals surface area contributed by atoms with Gasteiger partial charge in [0, 0.05) is 23.6 Å². The third kappa shape index (κ3) is 4.60. The van der Waals surface area contributed by atoms with Gasteiger partial charge in [-0.15, -0.1) is 0 Å². The van der Waals surface area contributed by atoms with Crippen LogP contribution in [0.1, 0.15) is 24.7 Å². The highest BCUT2D eigenvalue weighted by Gasteiger charge is 2.10. The Morgan fingerprint density at radius 3 is 2.90 bits per heavy atom. The Bertz CT molecular complexity index is 566. The van der Waals surface area contributed by atoms with Crippen LogP contribution < -0.4 is 5.32 Å². The van der Waals surface area contributed by atoms with Gasteiger partial charge >= 0.3 is 0 Å². The van der Waals surface area contributed by atoms with Gasteiger partial charge in [-0.2, -0.15) is 0 Å². The first-order chi connectivity index (χ1) is 10.2. The molecule has 0 fully saturated rings. The lowest BCUT2D eigenvalue weighted by molar-refractivity contribution is -0.672. The second kappa shape index (κ2) is 8.23. The molecule has 0 saturated carbocycles. The molecule has 2 N–H and O–H groups in total. The highest BCUT2D eigenvalue weighted by molar-refractivity contribution is 6.31. The summed E-state index contributed by atoms with van der Waals surface area (Å²) in [5.74, 6) is 1.87. The summed E-state index contributed by atoms with van der Waals surface area (Å²) in [6.07, 6.45) is 1.06. The van der Waals surface area contributed by atoms with Crippen LogP contribution in [-0.2, 0) is 11.3 Å². The number of nitrogens with two attached hydrogens (primary N) is 1. The molecular formula is C17H23ClNO2+. The Balaban J connectivity index is 1.88. The van der Waals surface area contributed by atoms with Gasteiger partial charge in [-0.3, -0.25) is 0 Å². The summed E-state index contributed by atoms with van der Waals surface area (Å²) in [7, 11) is 0. The Morgan fingerprint density at radius 2 is 2.10 bits per heavy atom. The third-order valence-electron chi connectivity index (χ3n) is 3.44. The van der Waals surface area contributed by atoms with E-state index in [1.54, 1.807) is 0 Å². The van der Waals surface area contributed by atoms with Crippen molar-refractivity contribution in [3.8, 4) is 11.3 Å². The van der Waals surface area contributed by atoms with Crippen LogP contribution in [0.5, 0.6) is 0 Å². The smallest absolute Gasteiger partial charge is 0.158 e. The van der Waals surface area contributed by atoms with Crippen LogP contribution in [0.4, 0.5) is 0 Å². The fourth-order valence-electron chi connectivity index (χ4n) is 2.23. The number of hydrogen-bond donors (Lipinski definition) is 1. The van der Waals surface area contributed by atoms with Gasteiger partial charge in [0.25, 0.3) is 0 Å². The summed E-state index contributed by atoms with van der Waals surface area (Å²) in [6.45, 7) is 7.56. The second-order valence-corrected chi connectivity index (χ2v) is 5.42. The van der Waals surface area contributed by atoms with Crippen molar-refractivity contribution in [2.24, 2.45) is 0 Å². The van der Waals surface area contributed by atoms with Gasteiger partial charge < -0.3 is 14.5 Å². The molecule has 0 bridgehead atoms. The number of hydrogen-bond acceptors (Lipinski definition) is 2. The number of ether oxygens (including phenoxy) is 1. The quantitative estimate of drug-likeness (QED) is 0.759. The van der Waals surface area contributed by atoms with Crippen molar-refractivity contribution < 1.29 is 14.5 Å². The van der Waals surface area contributed by atoms with Gasteiger partial charge in [0.2, 0.25) is 0 Å². The number of rotatable bonds is 8. The zero-order valence-electron chi connectivity index (χ0n) is 12.7. The van der Waals surface area contributed by atoms with Crippen molar-refractivity contribution in [1.82, 2.24) is 0 Å². The van der Waals surface area contributed by atoms with Gasteiger partial charge in [-0.05, 0) is 37.6 Å². The summed E-state index contributed by atoms with van der Waals surface area (Å²) >= 11 is 6.15. The molecule has 2 aromatic rings. The Kier molecular flexibility index (Phi) is 6.30. The van der Waals surface area contributed by atoms with Crippen molar-refractivity contribution in [2.75, 3.05) is 19.8 Å². The monoisotopic (exact) mass is 308 g/mol. The lowest BCUT2D eigenvalue weighted by Crippen LogP contribution is -2.82. The van der Waals surface area contributed by atoms with Crippen LogP contribution in [0.15, 0.2) is 34.7 Å². The average molecular weight is 309 g/mol. The number of halogens is 1. The highest BCUT2D eigenvalue weighted by Crippen LogP contribution is 2.29. The normalized spacial score (nSPS) is 11.0. The molecular weight excluding hydrogens is 286 g/mol. The van der Waals surface area contributed by atoms with Crippen LogP contribution in [0.25, 0.3) is 11.3 Å². The molecule has 0 radical (unpaired) electrons. The first kappa shape index (κ1) is 16.1. The molecule has 1 aromatic heterocycles. The van der Waals surface area contributed by atoms with Crippen molar-refractivity contribution in [1.29, 1.82) is 0 Å². The molecule has 4 heteroatoms. The van der Waals surface area contributed by atoms with E-state index in [2.05, 4.69) is 5.32 Å². The molecule has 0 aliphatic heterocycles. The molecule has 3 nitrogen and oxygen atoms in total. The first-order valence-electron chi connectivity index (χ1n) is 7.46. The molecule has 0 unspecified atom stereocenters. The van der Waals surface area contributed by atoms with Crippen LogP contribution in [-0.4, -0.2) is 19.8 Å². The van der Waals surface area contributed by atoms with Crippen LogP contribution in [0.2, 0.25) is 5.02 Å². The molecule has 0 spiro atoms. The van der Waals surface area contributed by atoms with Crippen molar-refractivity contribution in [2.45, 2.75) is 26.8 Å². The minimum absolute atomic E-state index is 0.771. The maximum absolute atomic E-state index is 6.15. The predicted molar refractivity (Wildman–Crippen MR) is 85.5 cm³/mol. The summed E-state index contributed by atoms with van der Waals surface area (Å²) in [5, 5.41) is 3.01. The van der Waals surface area contributed by atoms with E-state index in [1.165, 1.54) is 0 Å². The SMILES string of the molecule is CCOCCC[NH2+]Cc1ccc(-c2cccc(Cl)c2C)o1. The van der Waals surface area contributed by atoms with E-state index in [0.717, 1.165) is 60.4 Å². The summed E-state index contributed by atoms with van der Waals surface area (Å²) in [4.78, 5) is 0. The van der Waals surface area contributed by atoms with E-state index < -0.39 is 0 Å². The van der Waals surface area contributed by atoms with E-state index in [0.29, 0.717) is 0 Å². The zero-order valence-corrected chi connectivity index (χ0v) is 13.5. The van der Waals surface area contributed by atoms with E-state index in [4.69, 9.17) is 20.8 Å². The molecule has 2 rings (SSSR count). The van der Waals surface area contributed by atoms with Crippen molar-refractivity contribution in [3.05, 3.63) is 46.7 Å². The second-order valence-electron chi connectivity index (χ2n) is 5.01. The van der Waals surface area contributed by atoms with Gasteiger partial charge in [0.05, 0.1) is 13.2 Å². The Hall–Kier alpha value is -1.29. The molecule has 1 heterocycles. The Labute approximate surface area is 131 Å². The number of benzene rings is 1. The Morgan fingerprint density at radius 1 is 1.24 bits per heavy atom. The van der Waals surface area contributed by atoms with Gasteiger partial charge in [0.15, 0.2) is 5.76 Å². The van der Waals surface area contributed by atoms with Gasteiger partial charge in [-0.1, -0.05) is 23.7 Å². The number of quaternary nitrogens is 1. The maximum atomic E-state index is 6.15. The minimum Gasteiger partial charge on any atom is -0.455 e. The van der Waals surface area contributed by atoms with Gasteiger partial charge in [-0.25, -0.2) is 0 Å². The van der Waals surface area contributed by atoms with E-state index in [1.807, 2.05) is 44.2 Å². The molecule has 0 aliphatic rings. The van der Waals surface area contributed by atoms with Crippen LogP contribution >= 0.6 is 11.6 Å². The van der Waals surface area contributed by atoms with Gasteiger partial charge in [0.1, 0.15) is 12.3 Å². The van der Waals surface area contributed by atoms with E-state index in [9.17, 15) is 0 Å². The number of furan rings is 1. The van der Waals surface area contributed by atoms with Crippen LogP contribution in [0, 0.1) is 6.92 Å². The lowest BCUT2D eigenvalue weighted by atomic mass is 10.1. The molecule has 0 aliphatic carbocycles. The van der Waals surface area contributed by atoms with Crippen molar-refractivity contribution >= 4 is 11.6 Å². The maximum Gasteiger partial charge on any atom is 0.158 e. The molecule has 0 atom stereocenters. The average Bonchev–Trinajstić information content (AvgIpc) is 2.94. The first-order valence-corrected chi connectivity index (χ1v) is 7.83.